The predicted octanol–water partition coefficient (Wildman–Crippen LogP) is 5.36. The third kappa shape index (κ3) is 7.60. The predicted molar refractivity (Wildman–Crippen MR) is 91.4 cm³/mol. The lowest BCUT2D eigenvalue weighted by atomic mass is 10.1. The molecule has 1 aromatic carbocycles. The van der Waals surface area contributed by atoms with Crippen LogP contribution in [0.3, 0.4) is 0 Å². The van der Waals surface area contributed by atoms with Gasteiger partial charge < -0.3 is 5.32 Å². The number of hydrogen-bond donors (Lipinski definition) is 1. The number of amides is 1. The van der Waals surface area contributed by atoms with Gasteiger partial charge in [0.2, 0.25) is 5.91 Å². The molecule has 122 valence electrons. The highest BCUT2D eigenvalue weighted by Gasteiger charge is 2.03. The van der Waals surface area contributed by atoms with E-state index in [9.17, 15) is 9.18 Å². The second kappa shape index (κ2) is 11.2. The Morgan fingerprint density at radius 3 is 2.55 bits per heavy atom. The monoisotopic (exact) mass is 325 g/mol. The van der Waals surface area contributed by atoms with Gasteiger partial charge in [-0.2, -0.15) is 0 Å². The number of nitrogens with one attached hydrogen (secondary N) is 1. The molecule has 4 heteroatoms. The first-order valence-corrected chi connectivity index (χ1v) is 8.43. The van der Waals surface area contributed by atoms with Gasteiger partial charge in [0, 0.05) is 18.2 Å². The Hall–Kier alpha value is -1.35. The normalized spacial score (nSPS) is 11.0. The highest BCUT2D eigenvalue weighted by atomic mass is 35.5. The van der Waals surface area contributed by atoms with Crippen LogP contribution in [0.5, 0.6) is 0 Å². The minimum atomic E-state index is -0.427. The maximum Gasteiger partial charge on any atom is 0.244 e. The molecule has 0 bridgehead atoms. The molecule has 0 fully saturated rings. The summed E-state index contributed by atoms with van der Waals surface area (Å²) in [6.45, 7) is 2.86. The van der Waals surface area contributed by atoms with Crippen LogP contribution in [0.15, 0.2) is 24.3 Å². The van der Waals surface area contributed by atoms with Gasteiger partial charge in [0.25, 0.3) is 0 Å². The highest BCUT2D eigenvalue weighted by Crippen LogP contribution is 2.20. The molecule has 0 saturated carbocycles. The van der Waals surface area contributed by atoms with Crippen molar-refractivity contribution < 1.29 is 9.18 Å². The summed E-state index contributed by atoms with van der Waals surface area (Å²) in [4.78, 5) is 11.6. The molecule has 1 rings (SSSR count). The van der Waals surface area contributed by atoms with E-state index in [1.165, 1.54) is 56.4 Å². The number of hydrogen-bond acceptors (Lipinski definition) is 1. The van der Waals surface area contributed by atoms with Crippen LogP contribution in [0.1, 0.15) is 57.4 Å². The van der Waals surface area contributed by atoms with Crippen LogP contribution in [-0.4, -0.2) is 12.5 Å². The summed E-state index contributed by atoms with van der Waals surface area (Å²) in [5.41, 5.74) is 0.246. The minimum absolute atomic E-state index is 0.217. The molecular formula is C18H25ClFNO. The smallest absolute Gasteiger partial charge is 0.244 e. The zero-order valence-corrected chi connectivity index (χ0v) is 14.0. The number of benzene rings is 1. The van der Waals surface area contributed by atoms with Crippen molar-refractivity contribution in [3.8, 4) is 0 Å². The quantitative estimate of drug-likeness (QED) is 0.455. The van der Waals surface area contributed by atoms with E-state index in [1.807, 2.05) is 0 Å². The first-order valence-electron chi connectivity index (χ1n) is 8.05. The highest BCUT2D eigenvalue weighted by molar-refractivity contribution is 6.32. The van der Waals surface area contributed by atoms with Crippen molar-refractivity contribution in [1.29, 1.82) is 0 Å². The molecule has 0 atom stereocenters. The number of carbonyl (C=O) groups is 1. The zero-order chi connectivity index (χ0) is 16.2. The second-order valence-electron chi connectivity index (χ2n) is 5.38. The first kappa shape index (κ1) is 18.7. The van der Waals surface area contributed by atoms with E-state index >= 15 is 0 Å². The number of rotatable bonds is 10. The van der Waals surface area contributed by atoms with E-state index in [-0.39, 0.29) is 11.5 Å². The molecule has 1 aromatic rings. The third-order valence-corrected chi connectivity index (χ3v) is 3.81. The van der Waals surface area contributed by atoms with Crippen LogP contribution in [0.25, 0.3) is 6.08 Å². The zero-order valence-electron chi connectivity index (χ0n) is 13.2. The van der Waals surface area contributed by atoms with Gasteiger partial charge in [-0.05, 0) is 24.6 Å². The summed E-state index contributed by atoms with van der Waals surface area (Å²) in [5.74, 6) is -0.645. The molecule has 22 heavy (non-hydrogen) atoms. The molecule has 2 nitrogen and oxygen atoms in total. The fourth-order valence-corrected chi connectivity index (χ4v) is 2.41. The lowest BCUT2D eigenvalue weighted by molar-refractivity contribution is -0.116. The van der Waals surface area contributed by atoms with Crippen LogP contribution in [-0.2, 0) is 4.79 Å². The van der Waals surface area contributed by atoms with Crippen molar-refractivity contribution in [2.24, 2.45) is 0 Å². The van der Waals surface area contributed by atoms with Crippen LogP contribution in [0, 0.1) is 5.82 Å². The van der Waals surface area contributed by atoms with Gasteiger partial charge in [0.15, 0.2) is 0 Å². The molecule has 1 amide bonds. The van der Waals surface area contributed by atoms with Crippen molar-refractivity contribution in [3.05, 3.63) is 40.7 Å². The third-order valence-electron chi connectivity index (χ3n) is 3.48. The maximum absolute atomic E-state index is 13.5. The van der Waals surface area contributed by atoms with Gasteiger partial charge in [-0.15, -0.1) is 0 Å². The molecule has 0 saturated heterocycles. The average molecular weight is 326 g/mol. The van der Waals surface area contributed by atoms with Crippen molar-refractivity contribution >= 4 is 23.6 Å². The minimum Gasteiger partial charge on any atom is -0.353 e. The SMILES string of the molecule is CCCCCCCCCNC(=O)C=Cc1c(F)cccc1Cl. The Balaban J connectivity index is 2.20. The molecule has 0 unspecified atom stereocenters. The number of unbranched alkanes of at least 4 members (excludes halogenated alkanes) is 6. The Labute approximate surface area is 137 Å². The maximum atomic E-state index is 13.5. The van der Waals surface area contributed by atoms with Crippen LogP contribution < -0.4 is 5.32 Å². The summed E-state index contributed by atoms with van der Waals surface area (Å²) in [6, 6.07) is 4.46. The largest absolute Gasteiger partial charge is 0.353 e. The van der Waals surface area contributed by atoms with Crippen molar-refractivity contribution in [2.45, 2.75) is 51.9 Å². The molecule has 1 N–H and O–H groups in total. The summed E-state index contributed by atoms with van der Waals surface area (Å²) in [5, 5.41) is 3.10. The standard InChI is InChI=1S/C18H25ClFNO/c1-2-3-4-5-6-7-8-14-21-18(22)13-12-15-16(19)10-9-11-17(15)20/h9-13H,2-8,14H2,1H3,(H,21,22). The van der Waals surface area contributed by atoms with E-state index in [0.29, 0.717) is 11.6 Å². The van der Waals surface area contributed by atoms with Gasteiger partial charge >= 0.3 is 0 Å². The molecule has 0 radical (unpaired) electrons. The van der Waals surface area contributed by atoms with Crippen molar-refractivity contribution in [3.63, 3.8) is 0 Å². The lowest BCUT2D eigenvalue weighted by Gasteiger charge is -2.03. The molecule has 0 aliphatic carbocycles. The fraction of sp³-hybridized carbons (Fsp3) is 0.500. The first-order chi connectivity index (χ1) is 10.6. The fourth-order valence-electron chi connectivity index (χ4n) is 2.18. The second-order valence-corrected chi connectivity index (χ2v) is 5.79. The Kier molecular flexibility index (Phi) is 9.56. The summed E-state index contributed by atoms with van der Waals surface area (Å²) < 4.78 is 13.5. The molecule has 0 aliphatic rings. The van der Waals surface area contributed by atoms with Gasteiger partial charge in [-0.1, -0.05) is 63.1 Å². The van der Waals surface area contributed by atoms with E-state index < -0.39 is 5.82 Å². The molecule has 0 heterocycles. The van der Waals surface area contributed by atoms with Crippen LogP contribution in [0.2, 0.25) is 5.02 Å². The number of halogens is 2. The van der Waals surface area contributed by atoms with Gasteiger partial charge in [-0.25, -0.2) is 4.39 Å². The van der Waals surface area contributed by atoms with Gasteiger partial charge in [-0.3, -0.25) is 4.79 Å². The van der Waals surface area contributed by atoms with E-state index in [0.717, 1.165) is 12.8 Å². The molecule has 0 aliphatic heterocycles. The van der Waals surface area contributed by atoms with Crippen LogP contribution >= 0.6 is 11.6 Å². The van der Waals surface area contributed by atoms with E-state index in [4.69, 9.17) is 11.6 Å². The van der Waals surface area contributed by atoms with Crippen molar-refractivity contribution in [1.82, 2.24) is 5.32 Å². The topological polar surface area (TPSA) is 29.1 Å². The number of carbonyl (C=O) groups excluding carboxylic acids is 1. The van der Waals surface area contributed by atoms with E-state index in [2.05, 4.69) is 12.2 Å². The summed E-state index contributed by atoms with van der Waals surface area (Å²) in [6.07, 6.45) is 11.2. The molecule has 0 aromatic heterocycles. The molecule has 0 spiro atoms. The Morgan fingerprint density at radius 2 is 1.86 bits per heavy atom. The Morgan fingerprint density at radius 1 is 1.18 bits per heavy atom. The average Bonchev–Trinajstić information content (AvgIpc) is 2.49. The lowest BCUT2D eigenvalue weighted by Crippen LogP contribution is -2.21. The van der Waals surface area contributed by atoms with E-state index in [1.54, 1.807) is 6.07 Å². The van der Waals surface area contributed by atoms with Gasteiger partial charge in [0.05, 0.1) is 5.02 Å². The Bertz CT molecular complexity index is 468. The summed E-state index contributed by atoms with van der Waals surface area (Å²) in [7, 11) is 0. The van der Waals surface area contributed by atoms with Crippen LogP contribution in [0.4, 0.5) is 4.39 Å². The van der Waals surface area contributed by atoms with Gasteiger partial charge in [0.1, 0.15) is 5.82 Å². The van der Waals surface area contributed by atoms with Crippen molar-refractivity contribution in [2.75, 3.05) is 6.54 Å². The summed E-state index contributed by atoms with van der Waals surface area (Å²) >= 11 is 5.89. The molecular weight excluding hydrogens is 301 g/mol.